The number of aromatic nitrogens is 2. The molecule has 0 aliphatic rings. The molecule has 0 saturated carbocycles. The fourth-order valence-corrected chi connectivity index (χ4v) is 3.12. The number of hydrogen-bond donors (Lipinski definition) is 2. The third-order valence-corrected chi connectivity index (χ3v) is 5.17. The minimum Gasteiger partial charge on any atom is -0.396 e. The third-order valence-electron chi connectivity index (χ3n) is 4.43. The van der Waals surface area contributed by atoms with Crippen LogP contribution in [0.25, 0.3) is 0 Å². The molecule has 8 nitrogen and oxygen atoms in total. The quantitative estimate of drug-likeness (QED) is 0.459. The molecule has 0 bridgehead atoms. The van der Waals surface area contributed by atoms with Crippen molar-refractivity contribution < 1.29 is 14.7 Å². The number of amides is 2. The molecule has 0 saturated heterocycles. The molecule has 2 rings (SSSR count). The van der Waals surface area contributed by atoms with Gasteiger partial charge in [-0.05, 0) is 30.5 Å². The lowest BCUT2D eigenvalue weighted by molar-refractivity contribution is 0.111. The molecule has 0 aliphatic heterocycles. The van der Waals surface area contributed by atoms with Crippen molar-refractivity contribution in [3.05, 3.63) is 39.5 Å². The molecule has 2 amide bonds. The first-order chi connectivity index (χ1) is 13.8. The van der Waals surface area contributed by atoms with E-state index in [0.29, 0.717) is 41.8 Å². The smallest absolute Gasteiger partial charge is 0.325 e. The minimum absolute atomic E-state index is 0.121. The van der Waals surface area contributed by atoms with Gasteiger partial charge in [-0.3, -0.25) is 9.69 Å². The van der Waals surface area contributed by atoms with Gasteiger partial charge in [0.2, 0.25) is 5.95 Å². The molecule has 0 spiro atoms. The van der Waals surface area contributed by atoms with Crippen LogP contribution in [0.4, 0.5) is 16.6 Å². The Morgan fingerprint density at radius 1 is 1.28 bits per heavy atom. The average Bonchev–Trinajstić information content (AvgIpc) is 3.02. The van der Waals surface area contributed by atoms with E-state index in [-0.39, 0.29) is 24.1 Å². The number of imidazole rings is 1. The zero-order chi connectivity index (χ0) is 21.6. The highest BCUT2D eigenvalue weighted by Crippen LogP contribution is 2.25. The molecule has 2 aromatic rings. The van der Waals surface area contributed by atoms with Crippen molar-refractivity contribution in [3.63, 3.8) is 0 Å². The number of urea groups is 1. The zero-order valence-electron chi connectivity index (χ0n) is 16.7. The van der Waals surface area contributed by atoms with Crippen molar-refractivity contribution in [1.29, 1.82) is 0 Å². The van der Waals surface area contributed by atoms with Crippen LogP contribution in [0.5, 0.6) is 0 Å². The Labute approximate surface area is 180 Å². The number of aldehydes is 1. The van der Waals surface area contributed by atoms with Gasteiger partial charge in [-0.25, -0.2) is 4.79 Å². The molecule has 1 aromatic carbocycles. The number of carbonyl (C=O) groups excluding carboxylic acids is 2. The Hall–Kier alpha value is -2.29. The number of halogens is 2. The van der Waals surface area contributed by atoms with Crippen LogP contribution in [0.2, 0.25) is 10.0 Å². The molecular weight excluding hydrogens is 417 g/mol. The van der Waals surface area contributed by atoms with Crippen molar-refractivity contribution in [2.24, 2.45) is 7.05 Å². The minimum atomic E-state index is -0.330. The summed E-state index contributed by atoms with van der Waals surface area (Å²) in [6, 6.07) is 4.85. The zero-order valence-corrected chi connectivity index (χ0v) is 18.2. The predicted octanol–water partition coefficient (Wildman–Crippen LogP) is 3.41. The van der Waals surface area contributed by atoms with Gasteiger partial charge in [-0.15, -0.1) is 0 Å². The Balaban J connectivity index is 2.14. The number of aliphatic hydroxyl groups is 1. The summed E-state index contributed by atoms with van der Waals surface area (Å²) in [7, 11) is 4.92. The standard InChI is InChI=1S/C19H25Cl2N5O3/c1-24(11-13-6-7-14(20)15(21)10-13)19(29)26(3)17-16(12-28)25(2)18(23-17)22-8-4-5-9-27/h6-7,10,12,27H,4-5,8-9,11H2,1-3H3,(H,22,23). The topological polar surface area (TPSA) is 90.7 Å². The normalized spacial score (nSPS) is 10.7. The van der Waals surface area contributed by atoms with Crippen molar-refractivity contribution in [2.45, 2.75) is 19.4 Å². The molecule has 1 heterocycles. The Morgan fingerprint density at radius 2 is 2.00 bits per heavy atom. The monoisotopic (exact) mass is 441 g/mol. The van der Waals surface area contributed by atoms with Crippen LogP contribution in [-0.2, 0) is 13.6 Å². The van der Waals surface area contributed by atoms with Crippen molar-refractivity contribution in [1.82, 2.24) is 14.5 Å². The lowest BCUT2D eigenvalue weighted by atomic mass is 10.2. The van der Waals surface area contributed by atoms with E-state index in [1.807, 2.05) is 0 Å². The maximum atomic E-state index is 12.9. The van der Waals surface area contributed by atoms with Gasteiger partial charge >= 0.3 is 6.03 Å². The molecule has 0 atom stereocenters. The third kappa shape index (κ3) is 5.62. The van der Waals surface area contributed by atoms with Gasteiger partial charge in [0.05, 0.1) is 10.0 Å². The summed E-state index contributed by atoms with van der Waals surface area (Å²) >= 11 is 12.0. The number of nitrogens with one attached hydrogen (secondary N) is 1. The maximum Gasteiger partial charge on any atom is 0.325 e. The number of carbonyl (C=O) groups is 2. The number of benzene rings is 1. The Bertz CT molecular complexity index is 872. The van der Waals surface area contributed by atoms with Crippen LogP contribution in [0.3, 0.4) is 0 Å². The highest BCUT2D eigenvalue weighted by Gasteiger charge is 2.24. The molecule has 2 N–H and O–H groups in total. The van der Waals surface area contributed by atoms with Crippen LogP contribution < -0.4 is 10.2 Å². The number of hydrogen-bond acceptors (Lipinski definition) is 5. The fraction of sp³-hybridized carbons (Fsp3) is 0.421. The lowest BCUT2D eigenvalue weighted by Crippen LogP contribution is -2.39. The van der Waals surface area contributed by atoms with Crippen molar-refractivity contribution in [2.75, 3.05) is 37.5 Å². The number of aliphatic hydroxyl groups excluding tert-OH is 1. The van der Waals surface area contributed by atoms with E-state index < -0.39 is 0 Å². The van der Waals surface area contributed by atoms with E-state index in [9.17, 15) is 9.59 Å². The first kappa shape index (κ1) is 23.0. The molecule has 10 heteroatoms. The predicted molar refractivity (Wildman–Crippen MR) is 115 cm³/mol. The van der Waals surface area contributed by atoms with Gasteiger partial charge in [0.25, 0.3) is 0 Å². The highest BCUT2D eigenvalue weighted by atomic mass is 35.5. The molecular formula is C19H25Cl2N5O3. The van der Waals surface area contributed by atoms with Gasteiger partial charge in [-0.2, -0.15) is 4.98 Å². The number of unbranched alkanes of at least 4 members (excludes halogenated alkanes) is 1. The summed E-state index contributed by atoms with van der Waals surface area (Å²) in [6.45, 7) is 1.03. The Morgan fingerprint density at radius 3 is 2.62 bits per heavy atom. The van der Waals surface area contributed by atoms with E-state index in [4.69, 9.17) is 28.3 Å². The Kier molecular flexibility index (Phi) is 8.31. The largest absolute Gasteiger partial charge is 0.396 e. The van der Waals surface area contributed by atoms with E-state index in [1.165, 1.54) is 9.80 Å². The molecule has 0 fully saturated rings. The number of rotatable bonds is 9. The molecule has 1 aromatic heterocycles. The van der Waals surface area contributed by atoms with Crippen LogP contribution in [0.1, 0.15) is 28.9 Å². The highest BCUT2D eigenvalue weighted by molar-refractivity contribution is 6.42. The van der Waals surface area contributed by atoms with Crippen LogP contribution in [0.15, 0.2) is 18.2 Å². The second-order valence-corrected chi connectivity index (χ2v) is 7.44. The fourth-order valence-electron chi connectivity index (χ4n) is 2.80. The molecule has 0 aliphatic carbocycles. The molecule has 158 valence electrons. The van der Waals surface area contributed by atoms with E-state index >= 15 is 0 Å². The first-order valence-electron chi connectivity index (χ1n) is 9.09. The molecule has 0 unspecified atom stereocenters. The van der Waals surface area contributed by atoms with E-state index in [0.717, 1.165) is 12.0 Å². The summed E-state index contributed by atoms with van der Waals surface area (Å²) < 4.78 is 1.60. The van der Waals surface area contributed by atoms with Gasteiger partial charge in [0.15, 0.2) is 12.1 Å². The summed E-state index contributed by atoms with van der Waals surface area (Å²) in [4.78, 5) is 31.7. The van der Waals surface area contributed by atoms with Crippen LogP contribution in [0, 0.1) is 0 Å². The second kappa shape index (κ2) is 10.5. The van der Waals surface area contributed by atoms with Crippen LogP contribution >= 0.6 is 23.2 Å². The van der Waals surface area contributed by atoms with Gasteiger partial charge in [0.1, 0.15) is 5.69 Å². The summed E-state index contributed by atoms with van der Waals surface area (Å²) in [5.41, 5.74) is 1.11. The summed E-state index contributed by atoms with van der Waals surface area (Å²) in [6.07, 6.45) is 2.10. The first-order valence-corrected chi connectivity index (χ1v) is 9.85. The molecule has 29 heavy (non-hydrogen) atoms. The van der Waals surface area contributed by atoms with E-state index in [1.54, 1.807) is 43.9 Å². The number of nitrogens with zero attached hydrogens (tertiary/aromatic N) is 4. The summed E-state index contributed by atoms with van der Waals surface area (Å²) in [5, 5.41) is 12.9. The van der Waals surface area contributed by atoms with Crippen LogP contribution in [-0.4, -0.2) is 59.1 Å². The maximum absolute atomic E-state index is 12.9. The number of anilines is 2. The van der Waals surface area contributed by atoms with Crippen molar-refractivity contribution in [3.8, 4) is 0 Å². The van der Waals surface area contributed by atoms with Gasteiger partial charge in [0, 0.05) is 40.8 Å². The van der Waals surface area contributed by atoms with Crippen molar-refractivity contribution >= 4 is 47.3 Å². The second-order valence-electron chi connectivity index (χ2n) is 6.62. The summed E-state index contributed by atoms with van der Waals surface area (Å²) in [5.74, 6) is 0.741. The molecule has 0 radical (unpaired) electrons. The van der Waals surface area contributed by atoms with E-state index in [2.05, 4.69) is 10.3 Å². The SMILES string of the molecule is CN(Cc1ccc(Cl)c(Cl)c1)C(=O)N(C)c1nc(NCCCCO)n(C)c1C=O. The van der Waals surface area contributed by atoms with Gasteiger partial charge < -0.3 is 19.9 Å². The average molecular weight is 442 g/mol. The van der Waals surface area contributed by atoms with Gasteiger partial charge in [-0.1, -0.05) is 29.3 Å². The lowest BCUT2D eigenvalue weighted by Gasteiger charge is -2.24.